The van der Waals surface area contributed by atoms with Gasteiger partial charge in [0.05, 0.1) is 18.9 Å². The molecule has 0 saturated carbocycles. The van der Waals surface area contributed by atoms with Crippen LogP contribution in [-0.2, 0) is 16.2 Å². The monoisotopic (exact) mass is 578 g/mol. The average molecular weight is 579 g/mol. The smallest absolute Gasteiger partial charge is 0.335 e. The molecule has 0 aromatic heterocycles. The van der Waals surface area contributed by atoms with Crippen molar-refractivity contribution in [2.24, 2.45) is 0 Å². The predicted molar refractivity (Wildman–Crippen MR) is 166 cm³/mol. The molecule has 0 bridgehead atoms. The molecule has 1 saturated heterocycles. The van der Waals surface area contributed by atoms with E-state index in [0.717, 1.165) is 39.6 Å². The van der Waals surface area contributed by atoms with Crippen molar-refractivity contribution < 1.29 is 28.6 Å². The highest BCUT2D eigenvalue weighted by molar-refractivity contribution is 6.39. The van der Waals surface area contributed by atoms with Crippen LogP contribution in [0.25, 0.3) is 16.8 Å². The molecule has 220 valence electrons. The number of hydrogen-bond acceptors (Lipinski definition) is 6. The number of carbonyl (C=O) groups is 3. The molecule has 0 atom stereocenters. The number of aryl methyl sites for hydroxylation is 1. The first-order valence-electron chi connectivity index (χ1n) is 14.4. The number of fused-ring (bicyclic) bond motifs is 1. The van der Waals surface area contributed by atoms with Crippen LogP contribution in [0.1, 0.15) is 43.4 Å². The van der Waals surface area contributed by atoms with Gasteiger partial charge in [0.2, 0.25) is 0 Å². The SMILES string of the molecule is CCCCOc1ccc(N2C(=O)NC(=O)/C(=C/c3ccc(OCc4c(C)ccc5ccccc45)c(OCC)c3)C2=O)cc1. The maximum atomic E-state index is 13.4. The number of urea groups is 1. The lowest BCUT2D eigenvalue weighted by Gasteiger charge is -2.26. The van der Waals surface area contributed by atoms with Crippen molar-refractivity contribution in [3.63, 3.8) is 0 Å². The molecule has 1 aliphatic rings. The first kappa shape index (κ1) is 29.4. The Kier molecular flexibility index (Phi) is 9.05. The molecule has 5 rings (SSSR count). The Balaban J connectivity index is 1.38. The zero-order valence-electron chi connectivity index (χ0n) is 24.5. The topological polar surface area (TPSA) is 94.2 Å². The predicted octanol–water partition coefficient (Wildman–Crippen LogP) is 6.97. The van der Waals surface area contributed by atoms with E-state index in [-0.39, 0.29) is 5.57 Å². The van der Waals surface area contributed by atoms with E-state index < -0.39 is 17.8 Å². The van der Waals surface area contributed by atoms with Crippen LogP contribution in [0.5, 0.6) is 17.2 Å². The van der Waals surface area contributed by atoms with Gasteiger partial charge in [-0.1, -0.05) is 55.8 Å². The highest BCUT2D eigenvalue weighted by atomic mass is 16.5. The zero-order valence-corrected chi connectivity index (χ0v) is 24.5. The van der Waals surface area contributed by atoms with E-state index in [1.807, 2.05) is 19.1 Å². The van der Waals surface area contributed by atoms with Crippen molar-refractivity contribution in [2.45, 2.75) is 40.2 Å². The van der Waals surface area contributed by atoms with Crippen molar-refractivity contribution in [1.82, 2.24) is 5.32 Å². The second kappa shape index (κ2) is 13.2. The van der Waals surface area contributed by atoms with Crippen molar-refractivity contribution in [2.75, 3.05) is 18.1 Å². The second-order valence-electron chi connectivity index (χ2n) is 10.2. The van der Waals surface area contributed by atoms with E-state index in [2.05, 4.69) is 43.4 Å². The molecule has 4 amide bonds. The molecule has 0 spiro atoms. The van der Waals surface area contributed by atoms with Gasteiger partial charge in [-0.2, -0.15) is 0 Å². The first-order valence-corrected chi connectivity index (χ1v) is 14.4. The van der Waals surface area contributed by atoms with E-state index in [9.17, 15) is 14.4 Å². The lowest BCUT2D eigenvalue weighted by atomic mass is 10.0. The summed E-state index contributed by atoms with van der Waals surface area (Å²) >= 11 is 0. The van der Waals surface area contributed by atoms with Crippen LogP contribution in [0.15, 0.2) is 84.4 Å². The number of imide groups is 2. The highest BCUT2D eigenvalue weighted by Crippen LogP contribution is 2.32. The van der Waals surface area contributed by atoms with E-state index >= 15 is 0 Å². The number of rotatable bonds is 11. The number of carbonyl (C=O) groups excluding carboxylic acids is 3. The average Bonchev–Trinajstić information content (AvgIpc) is 3.00. The van der Waals surface area contributed by atoms with Crippen molar-refractivity contribution in [3.05, 3.63) is 101 Å². The van der Waals surface area contributed by atoms with Gasteiger partial charge >= 0.3 is 6.03 Å². The Morgan fingerprint density at radius 3 is 2.40 bits per heavy atom. The molecule has 1 fully saturated rings. The van der Waals surface area contributed by atoms with Crippen molar-refractivity contribution in [3.8, 4) is 17.2 Å². The molecule has 43 heavy (non-hydrogen) atoms. The van der Waals surface area contributed by atoms with Crippen molar-refractivity contribution >= 4 is 40.4 Å². The van der Waals surface area contributed by atoms with Gasteiger partial charge in [0.1, 0.15) is 17.9 Å². The van der Waals surface area contributed by atoms with E-state index in [1.54, 1.807) is 42.5 Å². The maximum absolute atomic E-state index is 13.4. The highest BCUT2D eigenvalue weighted by Gasteiger charge is 2.36. The van der Waals surface area contributed by atoms with Crippen LogP contribution in [0, 0.1) is 6.92 Å². The summed E-state index contributed by atoms with van der Waals surface area (Å²) < 4.78 is 17.8. The largest absolute Gasteiger partial charge is 0.494 e. The summed E-state index contributed by atoms with van der Waals surface area (Å²) in [5.41, 5.74) is 2.90. The van der Waals surface area contributed by atoms with Gasteiger partial charge in [-0.25, -0.2) is 9.69 Å². The minimum Gasteiger partial charge on any atom is -0.494 e. The van der Waals surface area contributed by atoms with Gasteiger partial charge in [0.25, 0.3) is 11.8 Å². The molecular weight excluding hydrogens is 544 g/mol. The van der Waals surface area contributed by atoms with Crippen LogP contribution >= 0.6 is 0 Å². The van der Waals surface area contributed by atoms with Gasteiger partial charge in [0, 0.05) is 5.56 Å². The summed E-state index contributed by atoms with van der Waals surface area (Å²) in [6.07, 6.45) is 3.38. The fourth-order valence-corrected chi connectivity index (χ4v) is 4.87. The fourth-order valence-electron chi connectivity index (χ4n) is 4.87. The molecule has 0 radical (unpaired) electrons. The lowest BCUT2D eigenvalue weighted by Crippen LogP contribution is -2.54. The first-order chi connectivity index (χ1) is 20.9. The van der Waals surface area contributed by atoms with Gasteiger partial charge in [-0.05, 0) is 84.6 Å². The Bertz CT molecular complexity index is 1690. The quantitative estimate of drug-likeness (QED) is 0.117. The van der Waals surface area contributed by atoms with Crippen LogP contribution < -0.4 is 24.4 Å². The molecule has 0 aliphatic carbocycles. The summed E-state index contributed by atoms with van der Waals surface area (Å²) in [6.45, 7) is 7.31. The minimum absolute atomic E-state index is 0.176. The Labute approximate surface area is 250 Å². The van der Waals surface area contributed by atoms with Gasteiger partial charge < -0.3 is 14.2 Å². The normalized spacial score (nSPS) is 14.3. The van der Waals surface area contributed by atoms with Crippen LogP contribution in [0.3, 0.4) is 0 Å². The third-order valence-electron chi connectivity index (χ3n) is 7.19. The lowest BCUT2D eigenvalue weighted by molar-refractivity contribution is -0.122. The van der Waals surface area contributed by atoms with Crippen LogP contribution in [-0.4, -0.2) is 31.1 Å². The number of unbranched alkanes of at least 4 members (excludes halogenated alkanes) is 1. The number of ether oxygens (including phenoxy) is 3. The summed E-state index contributed by atoms with van der Waals surface area (Å²) in [6, 6.07) is 23.4. The molecule has 4 aromatic carbocycles. The third-order valence-corrected chi connectivity index (χ3v) is 7.19. The summed E-state index contributed by atoms with van der Waals surface area (Å²) in [7, 11) is 0. The Hall–Kier alpha value is -5.11. The molecule has 1 N–H and O–H groups in total. The minimum atomic E-state index is -0.811. The van der Waals surface area contributed by atoms with Gasteiger partial charge in [-0.3, -0.25) is 14.9 Å². The summed E-state index contributed by atoms with van der Waals surface area (Å²) in [5.74, 6) is 0.155. The number of barbiturate groups is 1. The van der Waals surface area contributed by atoms with Crippen LogP contribution in [0.2, 0.25) is 0 Å². The second-order valence-corrected chi connectivity index (χ2v) is 10.2. The maximum Gasteiger partial charge on any atom is 0.335 e. The van der Waals surface area contributed by atoms with E-state index in [4.69, 9.17) is 14.2 Å². The third kappa shape index (κ3) is 6.54. The van der Waals surface area contributed by atoms with E-state index in [0.29, 0.717) is 48.3 Å². The molecule has 1 aliphatic heterocycles. The summed E-state index contributed by atoms with van der Waals surface area (Å²) in [5, 5.41) is 4.53. The molecule has 8 heteroatoms. The number of nitrogens with zero attached hydrogens (tertiary/aromatic N) is 1. The Morgan fingerprint density at radius 1 is 0.837 bits per heavy atom. The van der Waals surface area contributed by atoms with Crippen LogP contribution in [0.4, 0.5) is 10.5 Å². The van der Waals surface area contributed by atoms with E-state index in [1.165, 1.54) is 6.08 Å². The number of amides is 4. The fraction of sp³-hybridized carbons (Fsp3) is 0.229. The molecular formula is C35H34N2O6. The molecule has 4 aromatic rings. The number of nitrogens with one attached hydrogen (secondary N) is 1. The molecule has 1 heterocycles. The number of hydrogen-bond donors (Lipinski definition) is 1. The standard InChI is InChI=1S/C35H34N2O6/c1-4-6-19-42-27-16-14-26(15-17-27)37-34(39)29(33(38)36-35(37)40)20-24-12-18-31(32(21-24)41-5-2)43-22-30-23(3)11-13-25-9-7-8-10-28(25)30/h7-18,20-21H,4-6,19,22H2,1-3H3,(H,36,38,40)/b29-20-. The zero-order chi connectivity index (χ0) is 30.3. The van der Waals surface area contributed by atoms with Crippen molar-refractivity contribution in [1.29, 1.82) is 0 Å². The molecule has 0 unspecified atom stereocenters. The number of anilines is 1. The number of benzene rings is 4. The Morgan fingerprint density at radius 2 is 1.63 bits per heavy atom. The van der Waals surface area contributed by atoms with Gasteiger partial charge in [-0.15, -0.1) is 0 Å². The van der Waals surface area contributed by atoms with Gasteiger partial charge in [0.15, 0.2) is 11.5 Å². The molecule has 8 nitrogen and oxygen atoms in total. The summed E-state index contributed by atoms with van der Waals surface area (Å²) in [4.78, 5) is 39.8.